The topological polar surface area (TPSA) is 58.2 Å². The minimum absolute atomic E-state index is 0.146. The Labute approximate surface area is 95.2 Å². The first kappa shape index (κ1) is 10.2. The van der Waals surface area contributed by atoms with Crippen LogP contribution in [0.1, 0.15) is 11.6 Å². The molecule has 1 aromatic rings. The first-order chi connectivity index (χ1) is 7.16. The van der Waals surface area contributed by atoms with Crippen LogP contribution in [0.15, 0.2) is 28.7 Å². The molecule has 2 amide bonds. The molecule has 0 bridgehead atoms. The van der Waals surface area contributed by atoms with Gasteiger partial charge in [0.1, 0.15) is 0 Å². The number of hydrogen-bond acceptors (Lipinski definition) is 2. The summed E-state index contributed by atoms with van der Waals surface area (Å²) in [6.45, 7) is 0.432. The van der Waals surface area contributed by atoms with E-state index >= 15 is 0 Å². The normalized spacial score (nSPS) is 20.7. The Bertz CT molecular complexity index is 420. The molecule has 1 aromatic carbocycles. The van der Waals surface area contributed by atoms with Gasteiger partial charge in [-0.2, -0.15) is 0 Å². The first-order valence-electron chi connectivity index (χ1n) is 4.51. The minimum atomic E-state index is -0.578. The summed E-state index contributed by atoms with van der Waals surface area (Å²) in [5, 5.41) is 5.17. The van der Waals surface area contributed by atoms with Gasteiger partial charge in [0.25, 0.3) is 0 Å². The smallest absolute Gasteiger partial charge is 0.309 e. The van der Waals surface area contributed by atoms with E-state index in [1.165, 1.54) is 0 Å². The lowest BCUT2D eigenvalue weighted by Crippen LogP contribution is -2.51. The quantitative estimate of drug-likeness (QED) is 0.739. The fraction of sp³-hybridized carbons (Fsp3) is 0.200. The Morgan fingerprint density at radius 3 is 2.73 bits per heavy atom. The zero-order valence-electron chi connectivity index (χ0n) is 7.79. The lowest BCUT2D eigenvalue weighted by molar-refractivity contribution is -0.141. The average Bonchev–Trinajstić information content (AvgIpc) is 2.22. The van der Waals surface area contributed by atoms with Crippen LogP contribution in [-0.4, -0.2) is 18.4 Å². The number of carbonyl (C=O) groups excluding carboxylic acids is 2. The fourth-order valence-electron chi connectivity index (χ4n) is 1.47. The Hall–Kier alpha value is -1.36. The van der Waals surface area contributed by atoms with Crippen molar-refractivity contribution in [2.45, 2.75) is 6.04 Å². The van der Waals surface area contributed by atoms with Crippen LogP contribution in [0.2, 0.25) is 0 Å². The molecule has 78 valence electrons. The van der Waals surface area contributed by atoms with Crippen LogP contribution < -0.4 is 10.6 Å². The Balaban J connectivity index is 2.19. The van der Waals surface area contributed by atoms with Gasteiger partial charge < -0.3 is 10.6 Å². The molecule has 1 heterocycles. The van der Waals surface area contributed by atoms with E-state index in [0.717, 1.165) is 10.0 Å². The third kappa shape index (κ3) is 2.18. The van der Waals surface area contributed by atoms with Crippen LogP contribution >= 0.6 is 15.9 Å². The van der Waals surface area contributed by atoms with Gasteiger partial charge in [-0.15, -0.1) is 0 Å². The molecule has 5 heteroatoms. The van der Waals surface area contributed by atoms with E-state index in [-0.39, 0.29) is 6.04 Å². The maximum Gasteiger partial charge on any atom is 0.309 e. The molecule has 1 aliphatic rings. The van der Waals surface area contributed by atoms with Gasteiger partial charge in [0.15, 0.2) is 0 Å². The van der Waals surface area contributed by atoms with Gasteiger partial charge in [-0.05, 0) is 17.7 Å². The van der Waals surface area contributed by atoms with E-state index in [9.17, 15) is 9.59 Å². The lowest BCUT2D eigenvalue weighted by atomic mass is 10.1. The van der Waals surface area contributed by atoms with Crippen LogP contribution in [0.25, 0.3) is 0 Å². The van der Waals surface area contributed by atoms with Gasteiger partial charge in [0.2, 0.25) is 0 Å². The Morgan fingerprint density at radius 1 is 1.27 bits per heavy atom. The highest BCUT2D eigenvalue weighted by Crippen LogP contribution is 2.18. The van der Waals surface area contributed by atoms with Crippen LogP contribution in [0.4, 0.5) is 0 Å². The summed E-state index contributed by atoms with van der Waals surface area (Å²) in [5.74, 6) is -1.15. The first-order valence-corrected chi connectivity index (χ1v) is 5.30. The van der Waals surface area contributed by atoms with Gasteiger partial charge >= 0.3 is 11.8 Å². The molecular weight excluding hydrogens is 260 g/mol. The number of hydrogen-bond donors (Lipinski definition) is 2. The van der Waals surface area contributed by atoms with Crippen molar-refractivity contribution in [1.29, 1.82) is 0 Å². The fourth-order valence-corrected chi connectivity index (χ4v) is 1.89. The van der Waals surface area contributed by atoms with E-state index in [1.807, 2.05) is 24.3 Å². The van der Waals surface area contributed by atoms with Crippen molar-refractivity contribution in [1.82, 2.24) is 10.6 Å². The zero-order chi connectivity index (χ0) is 10.8. The van der Waals surface area contributed by atoms with Crippen LogP contribution in [0.5, 0.6) is 0 Å². The van der Waals surface area contributed by atoms with Gasteiger partial charge in [-0.25, -0.2) is 0 Å². The number of piperazine rings is 1. The van der Waals surface area contributed by atoms with Crippen molar-refractivity contribution >= 4 is 27.7 Å². The highest BCUT2D eigenvalue weighted by atomic mass is 79.9. The van der Waals surface area contributed by atoms with E-state index < -0.39 is 11.8 Å². The van der Waals surface area contributed by atoms with E-state index in [4.69, 9.17) is 0 Å². The summed E-state index contributed by atoms with van der Waals surface area (Å²) in [6.07, 6.45) is 0. The standard InChI is InChI=1S/C10H9BrN2O2/c11-7-3-1-2-6(4-7)8-5-12-9(14)10(15)13-8/h1-4,8H,5H2,(H,12,14)(H,13,15). The van der Waals surface area contributed by atoms with Crippen molar-refractivity contribution < 1.29 is 9.59 Å². The average molecular weight is 269 g/mol. The number of rotatable bonds is 1. The maximum absolute atomic E-state index is 11.1. The molecular formula is C10H9BrN2O2. The minimum Gasteiger partial charge on any atom is -0.345 e. The van der Waals surface area contributed by atoms with Crippen molar-refractivity contribution in [2.75, 3.05) is 6.54 Å². The van der Waals surface area contributed by atoms with Crippen molar-refractivity contribution in [3.05, 3.63) is 34.3 Å². The largest absolute Gasteiger partial charge is 0.345 e. The molecule has 1 aliphatic heterocycles. The van der Waals surface area contributed by atoms with Gasteiger partial charge in [-0.1, -0.05) is 28.1 Å². The molecule has 15 heavy (non-hydrogen) atoms. The second kappa shape index (κ2) is 4.02. The molecule has 1 unspecified atom stereocenters. The molecule has 0 saturated carbocycles. The molecule has 4 nitrogen and oxygen atoms in total. The predicted molar refractivity (Wildman–Crippen MR) is 58.0 cm³/mol. The van der Waals surface area contributed by atoms with Crippen LogP contribution in [-0.2, 0) is 9.59 Å². The monoisotopic (exact) mass is 268 g/mol. The zero-order valence-corrected chi connectivity index (χ0v) is 9.37. The van der Waals surface area contributed by atoms with E-state index in [2.05, 4.69) is 26.6 Å². The summed E-state index contributed by atoms with van der Waals surface area (Å²) < 4.78 is 0.950. The van der Waals surface area contributed by atoms with Gasteiger partial charge in [0, 0.05) is 11.0 Å². The highest BCUT2D eigenvalue weighted by Gasteiger charge is 2.25. The summed E-state index contributed by atoms with van der Waals surface area (Å²) in [5.41, 5.74) is 0.970. The molecule has 0 radical (unpaired) electrons. The molecule has 1 atom stereocenters. The third-order valence-corrected chi connectivity index (χ3v) is 2.72. The van der Waals surface area contributed by atoms with Gasteiger partial charge in [-0.3, -0.25) is 9.59 Å². The molecule has 0 aromatic heterocycles. The lowest BCUT2D eigenvalue weighted by Gasteiger charge is -2.23. The molecule has 2 rings (SSSR count). The number of carbonyl (C=O) groups is 2. The summed E-state index contributed by atoms with van der Waals surface area (Å²) in [4.78, 5) is 22.0. The molecule has 1 fully saturated rings. The maximum atomic E-state index is 11.1. The van der Waals surface area contributed by atoms with Crippen LogP contribution in [0, 0.1) is 0 Å². The predicted octanol–water partition coefficient (Wildman–Crippen LogP) is 0.736. The second-order valence-electron chi connectivity index (χ2n) is 3.29. The Kier molecular flexibility index (Phi) is 2.73. The van der Waals surface area contributed by atoms with Crippen molar-refractivity contribution in [3.63, 3.8) is 0 Å². The van der Waals surface area contributed by atoms with Crippen molar-refractivity contribution in [2.24, 2.45) is 0 Å². The van der Waals surface area contributed by atoms with Crippen molar-refractivity contribution in [3.8, 4) is 0 Å². The molecule has 0 aliphatic carbocycles. The molecule has 2 N–H and O–H groups in total. The number of nitrogens with one attached hydrogen (secondary N) is 2. The summed E-state index contributed by atoms with van der Waals surface area (Å²) >= 11 is 3.36. The van der Waals surface area contributed by atoms with Gasteiger partial charge in [0.05, 0.1) is 6.04 Å². The number of benzene rings is 1. The van der Waals surface area contributed by atoms with Crippen LogP contribution in [0.3, 0.4) is 0 Å². The number of halogens is 1. The molecule has 1 saturated heterocycles. The van der Waals surface area contributed by atoms with E-state index in [1.54, 1.807) is 0 Å². The SMILES string of the molecule is O=C1NCC(c2cccc(Br)c2)NC1=O. The highest BCUT2D eigenvalue weighted by molar-refractivity contribution is 9.10. The third-order valence-electron chi connectivity index (χ3n) is 2.23. The second-order valence-corrected chi connectivity index (χ2v) is 4.21. The van der Waals surface area contributed by atoms with E-state index in [0.29, 0.717) is 6.54 Å². The summed E-state index contributed by atoms with van der Waals surface area (Å²) in [7, 11) is 0. The number of amides is 2. The molecule has 0 spiro atoms. The summed E-state index contributed by atoms with van der Waals surface area (Å²) in [6, 6.07) is 7.48. The Morgan fingerprint density at radius 2 is 2.07 bits per heavy atom.